The van der Waals surface area contributed by atoms with Crippen LogP contribution >= 0.6 is 0 Å². The zero-order valence-corrected chi connectivity index (χ0v) is 12.0. The molecule has 1 heterocycles. The number of piperidine rings is 1. The van der Waals surface area contributed by atoms with Gasteiger partial charge in [-0.2, -0.15) is 13.2 Å². The normalized spacial score (nSPS) is 19.1. The number of nitrogens with zero attached hydrogens (tertiary/aromatic N) is 1. The Morgan fingerprint density at radius 3 is 2.77 bits per heavy atom. The summed E-state index contributed by atoms with van der Waals surface area (Å²) in [5, 5.41) is 0. The summed E-state index contributed by atoms with van der Waals surface area (Å²) in [4.78, 5) is 13.3. The van der Waals surface area contributed by atoms with Crippen LogP contribution in [0.25, 0.3) is 6.08 Å². The van der Waals surface area contributed by atoms with E-state index in [0.717, 1.165) is 0 Å². The molecular weight excluding hydrogens is 298 g/mol. The van der Waals surface area contributed by atoms with Gasteiger partial charge in [-0.3, -0.25) is 4.79 Å². The molecule has 0 aliphatic carbocycles. The first-order chi connectivity index (χ1) is 10.3. The molecule has 6 heteroatoms. The van der Waals surface area contributed by atoms with Crippen LogP contribution < -0.4 is 0 Å². The van der Waals surface area contributed by atoms with E-state index in [2.05, 4.69) is 6.58 Å². The molecule has 1 aromatic rings. The minimum atomic E-state index is -4.30. The number of rotatable bonds is 3. The van der Waals surface area contributed by atoms with E-state index in [-0.39, 0.29) is 31.5 Å². The summed E-state index contributed by atoms with van der Waals surface area (Å²) in [5.74, 6) is -2.51. The lowest BCUT2D eigenvalue weighted by Gasteiger charge is -2.33. The van der Waals surface area contributed by atoms with E-state index >= 15 is 0 Å². The standard InChI is InChI=1S/C16H17F4NO/c1-2-11-5-6-14(17)12(8-11)9-15(22)21-7-3-4-13(10-21)16(18,19)20/h2,5-6,8,13H,1,3-4,7,9-10H2. The molecule has 1 saturated heterocycles. The van der Waals surface area contributed by atoms with Gasteiger partial charge in [-0.15, -0.1) is 0 Å². The Bertz CT molecular complexity index is 568. The van der Waals surface area contributed by atoms with Crippen molar-refractivity contribution in [2.45, 2.75) is 25.4 Å². The maximum Gasteiger partial charge on any atom is 0.393 e. The topological polar surface area (TPSA) is 20.3 Å². The molecule has 120 valence electrons. The molecule has 0 radical (unpaired) electrons. The van der Waals surface area contributed by atoms with Crippen LogP contribution in [0.3, 0.4) is 0 Å². The Kier molecular flexibility index (Phi) is 4.88. The molecule has 0 aromatic heterocycles. The maximum atomic E-state index is 13.7. The molecule has 1 unspecified atom stereocenters. The number of likely N-dealkylation sites (tertiary alicyclic amines) is 1. The second-order valence-corrected chi connectivity index (χ2v) is 5.45. The summed E-state index contributed by atoms with van der Waals surface area (Å²) in [6.07, 6.45) is -2.67. The van der Waals surface area contributed by atoms with Crippen LogP contribution in [0.4, 0.5) is 17.6 Å². The summed E-state index contributed by atoms with van der Waals surface area (Å²) in [7, 11) is 0. The van der Waals surface area contributed by atoms with Crippen LogP contribution in [0.1, 0.15) is 24.0 Å². The molecule has 2 rings (SSSR count). The van der Waals surface area contributed by atoms with Crippen LogP contribution in [-0.2, 0) is 11.2 Å². The van der Waals surface area contributed by atoms with Crippen molar-refractivity contribution < 1.29 is 22.4 Å². The van der Waals surface area contributed by atoms with Gasteiger partial charge in [0.05, 0.1) is 12.3 Å². The molecular formula is C16H17F4NO. The fraction of sp³-hybridized carbons (Fsp3) is 0.438. The molecule has 2 nitrogen and oxygen atoms in total. The molecule has 0 spiro atoms. The van der Waals surface area contributed by atoms with Gasteiger partial charge in [-0.05, 0) is 36.1 Å². The van der Waals surface area contributed by atoms with E-state index in [0.29, 0.717) is 12.0 Å². The predicted octanol–water partition coefficient (Wildman–Crippen LogP) is 3.81. The zero-order valence-electron chi connectivity index (χ0n) is 12.0. The summed E-state index contributed by atoms with van der Waals surface area (Å²) in [5.41, 5.74) is 0.840. The summed E-state index contributed by atoms with van der Waals surface area (Å²) >= 11 is 0. The van der Waals surface area contributed by atoms with E-state index in [1.54, 1.807) is 0 Å². The minimum absolute atomic E-state index is 0.0353. The lowest BCUT2D eigenvalue weighted by atomic mass is 9.96. The number of carbonyl (C=O) groups is 1. The van der Waals surface area contributed by atoms with Gasteiger partial charge in [0.15, 0.2) is 0 Å². The average molecular weight is 315 g/mol. The number of hydrogen-bond acceptors (Lipinski definition) is 1. The van der Waals surface area contributed by atoms with E-state index < -0.39 is 23.8 Å². The highest BCUT2D eigenvalue weighted by Crippen LogP contribution is 2.33. The Morgan fingerprint density at radius 1 is 1.41 bits per heavy atom. The predicted molar refractivity (Wildman–Crippen MR) is 75.6 cm³/mol. The fourth-order valence-electron chi connectivity index (χ4n) is 2.60. The third kappa shape index (κ3) is 3.87. The lowest BCUT2D eigenvalue weighted by Crippen LogP contribution is -2.45. The second kappa shape index (κ2) is 6.50. The van der Waals surface area contributed by atoms with Crippen LogP contribution in [0.15, 0.2) is 24.8 Å². The number of carbonyl (C=O) groups excluding carboxylic acids is 1. The Labute approximate surface area is 126 Å². The molecule has 1 aliphatic heterocycles. The molecule has 1 aliphatic rings. The lowest BCUT2D eigenvalue weighted by molar-refractivity contribution is -0.187. The maximum absolute atomic E-state index is 13.7. The van der Waals surface area contributed by atoms with Crippen molar-refractivity contribution in [2.24, 2.45) is 5.92 Å². The highest BCUT2D eigenvalue weighted by atomic mass is 19.4. The van der Waals surface area contributed by atoms with Crippen LogP contribution in [0, 0.1) is 11.7 Å². The van der Waals surface area contributed by atoms with Crippen molar-refractivity contribution in [1.29, 1.82) is 0 Å². The van der Waals surface area contributed by atoms with Gasteiger partial charge in [0.25, 0.3) is 0 Å². The molecule has 22 heavy (non-hydrogen) atoms. The van der Waals surface area contributed by atoms with Crippen molar-refractivity contribution in [3.05, 3.63) is 41.7 Å². The summed E-state index contributed by atoms with van der Waals surface area (Å²) in [6, 6.07) is 4.25. The van der Waals surface area contributed by atoms with Gasteiger partial charge in [-0.1, -0.05) is 18.7 Å². The molecule has 1 fully saturated rings. The summed E-state index contributed by atoms with van der Waals surface area (Å²) < 4.78 is 52.0. The first-order valence-electron chi connectivity index (χ1n) is 7.06. The highest BCUT2D eigenvalue weighted by Gasteiger charge is 2.42. The SMILES string of the molecule is C=Cc1ccc(F)c(CC(=O)N2CCCC(C(F)(F)F)C2)c1. The first kappa shape index (κ1) is 16.5. The minimum Gasteiger partial charge on any atom is -0.342 e. The average Bonchev–Trinajstić information content (AvgIpc) is 2.48. The fourth-order valence-corrected chi connectivity index (χ4v) is 2.60. The van der Waals surface area contributed by atoms with Crippen molar-refractivity contribution >= 4 is 12.0 Å². The van der Waals surface area contributed by atoms with Crippen molar-refractivity contribution in [1.82, 2.24) is 4.90 Å². The van der Waals surface area contributed by atoms with Crippen molar-refractivity contribution in [2.75, 3.05) is 13.1 Å². The molecule has 1 amide bonds. The Balaban J connectivity index is 2.07. The quantitative estimate of drug-likeness (QED) is 0.777. The van der Waals surface area contributed by atoms with E-state index in [1.165, 1.54) is 29.2 Å². The van der Waals surface area contributed by atoms with Gasteiger partial charge < -0.3 is 4.90 Å². The van der Waals surface area contributed by atoms with Crippen LogP contribution in [0.2, 0.25) is 0 Å². The number of hydrogen-bond donors (Lipinski definition) is 0. The number of halogens is 4. The van der Waals surface area contributed by atoms with Gasteiger partial charge in [0.1, 0.15) is 5.82 Å². The van der Waals surface area contributed by atoms with Gasteiger partial charge >= 0.3 is 6.18 Å². The first-order valence-corrected chi connectivity index (χ1v) is 7.06. The Hall–Kier alpha value is -1.85. The van der Waals surface area contributed by atoms with Crippen molar-refractivity contribution in [3.63, 3.8) is 0 Å². The number of benzene rings is 1. The number of amides is 1. The van der Waals surface area contributed by atoms with E-state index in [4.69, 9.17) is 0 Å². The zero-order chi connectivity index (χ0) is 16.3. The van der Waals surface area contributed by atoms with Crippen LogP contribution in [-0.4, -0.2) is 30.1 Å². The third-order valence-corrected chi connectivity index (χ3v) is 3.88. The van der Waals surface area contributed by atoms with Gasteiger partial charge in [-0.25, -0.2) is 4.39 Å². The van der Waals surface area contributed by atoms with E-state index in [9.17, 15) is 22.4 Å². The summed E-state index contributed by atoms with van der Waals surface area (Å²) in [6.45, 7) is 3.51. The third-order valence-electron chi connectivity index (χ3n) is 3.88. The molecule has 1 aromatic carbocycles. The van der Waals surface area contributed by atoms with Crippen molar-refractivity contribution in [3.8, 4) is 0 Å². The van der Waals surface area contributed by atoms with Gasteiger partial charge in [0.2, 0.25) is 5.91 Å². The Morgan fingerprint density at radius 2 is 2.14 bits per heavy atom. The smallest absolute Gasteiger partial charge is 0.342 e. The largest absolute Gasteiger partial charge is 0.393 e. The second-order valence-electron chi connectivity index (χ2n) is 5.45. The monoisotopic (exact) mass is 315 g/mol. The van der Waals surface area contributed by atoms with E-state index in [1.807, 2.05) is 0 Å². The van der Waals surface area contributed by atoms with Gasteiger partial charge in [0, 0.05) is 13.1 Å². The molecule has 1 atom stereocenters. The number of alkyl halides is 3. The molecule has 0 bridgehead atoms. The van der Waals surface area contributed by atoms with Crippen LogP contribution in [0.5, 0.6) is 0 Å². The molecule has 0 N–H and O–H groups in total. The highest BCUT2D eigenvalue weighted by molar-refractivity contribution is 5.79. The molecule has 0 saturated carbocycles.